The van der Waals surface area contributed by atoms with Crippen molar-refractivity contribution in [3.63, 3.8) is 0 Å². The average molecular weight is 636 g/mol. The van der Waals surface area contributed by atoms with Crippen molar-refractivity contribution >= 4 is 18.4 Å². The van der Waals surface area contributed by atoms with Gasteiger partial charge in [-0.15, -0.1) is 0 Å². The first-order valence-electron chi connectivity index (χ1n) is 10.9. The van der Waals surface area contributed by atoms with Gasteiger partial charge in [-0.25, -0.2) is 0 Å². The number of fused-ring (bicyclic) bond motifs is 6. The van der Waals surface area contributed by atoms with Crippen LogP contribution in [0.2, 0.25) is 13.1 Å². The fourth-order valence-electron chi connectivity index (χ4n) is 6.27. The molecule has 0 saturated carbocycles. The van der Waals surface area contributed by atoms with Gasteiger partial charge in [-0.2, -0.15) is 0 Å². The maximum Gasteiger partial charge on any atom is -1.00 e. The molecule has 32 heavy (non-hydrogen) atoms. The fraction of sp³-hybridized carbons (Fsp3) is 0.143. The maximum absolute atomic E-state index is 2.59. The Hall–Kier alpha value is -1.45. The van der Waals surface area contributed by atoms with Crippen LogP contribution in [-0.2, 0) is 22.9 Å². The molecule has 0 aromatic heterocycles. The Balaban J connectivity index is 0.00000108. The van der Waals surface area contributed by atoms with Crippen molar-refractivity contribution in [3.05, 3.63) is 107 Å². The van der Waals surface area contributed by atoms with Crippen LogP contribution in [0.4, 0.5) is 0 Å². The molecule has 0 nitrogen and oxygen atoms in total. The molecule has 0 spiro atoms. The molecule has 2 aliphatic carbocycles. The molecule has 7 rings (SSSR count). The Labute approximate surface area is 214 Å². The monoisotopic (exact) mass is 636 g/mol. The van der Waals surface area contributed by atoms with Gasteiger partial charge in [0.1, 0.15) is 0 Å². The molecular weight excluding hydrogens is 614 g/mol. The van der Waals surface area contributed by atoms with Gasteiger partial charge in [-0.05, 0) is 0 Å². The van der Waals surface area contributed by atoms with Crippen LogP contribution in [0.5, 0.6) is 0 Å². The van der Waals surface area contributed by atoms with E-state index in [4.69, 9.17) is 0 Å². The molecular formula is C28H22Cl2HfSi. The third-order valence-electron chi connectivity index (χ3n) is 7.59. The van der Waals surface area contributed by atoms with Crippen molar-refractivity contribution in [2.45, 2.75) is 20.4 Å². The van der Waals surface area contributed by atoms with Crippen LogP contribution in [0, 0.1) is 0 Å². The Morgan fingerprint density at radius 1 is 0.531 bits per heavy atom. The van der Waals surface area contributed by atoms with E-state index >= 15 is 0 Å². The molecule has 4 heteroatoms. The van der Waals surface area contributed by atoms with Crippen LogP contribution in [0.25, 0.3) is 22.3 Å². The van der Waals surface area contributed by atoms with Gasteiger partial charge in [0.15, 0.2) is 0 Å². The first-order chi connectivity index (χ1) is 14.7. The summed E-state index contributed by atoms with van der Waals surface area (Å²) in [6.07, 6.45) is 0. The van der Waals surface area contributed by atoms with Crippen LogP contribution in [0.1, 0.15) is 29.6 Å². The normalized spacial score (nSPS) is 19.3. The van der Waals surface area contributed by atoms with Crippen molar-refractivity contribution in [3.8, 4) is 22.3 Å². The van der Waals surface area contributed by atoms with E-state index in [1.807, 2.05) is 0 Å². The molecule has 2 unspecified atom stereocenters. The Morgan fingerprint density at radius 2 is 0.938 bits per heavy atom. The Bertz CT molecular complexity index is 1270. The molecule has 1 aliphatic heterocycles. The first-order valence-corrected chi connectivity index (χ1v) is 18.0. The van der Waals surface area contributed by atoms with Gasteiger partial charge < -0.3 is 24.8 Å². The molecule has 1 heterocycles. The largest absolute Gasteiger partial charge is 1.00 e. The minimum absolute atomic E-state index is 0. The Morgan fingerprint density at radius 3 is 1.41 bits per heavy atom. The quantitative estimate of drug-likeness (QED) is 0.234. The molecule has 4 aromatic rings. The van der Waals surface area contributed by atoms with Crippen molar-refractivity contribution in [1.82, 2.24) is 0 Å². The molecule has 0 amide bonds. The zero-order valence-electron chi connectivity index (χ0n) is 18.0. The number of hydrogen-bond donors (Lipinski definition) is 0. The standard InChI is InChI=1S/C28H22Si.2ClH.Hf/c1-29(2,27-15-7-13-23-21-11-5-3-9-19(21)17-25(23)27)28-16-8-14-24-22-12-6-4-10-20(22)18-26(24)28;;;/h3-18H,1-2H3;2*1H;/q;;;+2/p-2. The maximum atomic E-state index is 2.59. The summed E-state index contributed by atoms with van der Waals surface area (Å²) in [4.78, 5) is 0. The van der Waals surface area contributed by atoms with Gasteiger partial charge >= 0.3 is 191 Å². The molecule has 2 atom stereocenters. The van der Waals surface area contributed by atoms with Gasteiger partial charge in [-0.1, -0.05) is 0 Å². The molecule has 3 aliphatic rings. The summed E-state index contributed by atoms with van der Waals surface area (Å²) in [7, 11) is -1.83. The van der Waals surface area contributed by atoms with Gasteiger partial charge in [0.2, 0.25) is 0 Å². The van der Waals surface area contributed by atoms with E-state index in [1.54, 1.807) is 32.6 Å². The van der Waals surface area contributed by atoms with Crippen LogP contribution in [0.3, 0.4) is 0 Å². The second-order valence-electron chi connectivity index (χ2n) is 9.37. The number of benzene rings is 4. The van der Waals surface area contributed by atoms with E-state index in [0.717, 1.165) is 0 Å². The minimum atomic E-state index is -1.83. The summed E-state index contributed by atoms with van der Waals surface area (Å²) < 4.78 is 1.38. The summed E-state index contributed by atoms with van der Waals surface area (Å²) in [5.41, 5.74) is 12.8. The Kier molecular flexibility index (Phi) is 5.45. The van der Waals surface area contributed by atoms with E-state index in [0.29, 0.717) is 7.35 Å². The van der Waals surface area contributed by atoms with Crippen molar-refractivity contribution < 1.29 is 47.7 Å². The van der Waals surface area contributed by atoms with E-state index < -0.39 is 31.0 Å². The summed E-state index contributed by atoms with van der Waals surface area (Å²) in [6.45, 7) is 5.19. The fourth-order valence-corrected chi connectivity index (χ4v) is 18.3. The van der Waals surface area contributed by atoms with E-state index in [2.05, 4.69) is 98.0 Å². The molecule has 156 valence electrons. The second kappa shape index (κ2) is 7.80. The van der Waals surface area contributed by atoms with Crippen LogP contribution < -0.4 is 35.2 Å². The predicted octanol–water partition coefficient (Wildman–Crippen LogP) is -0.247. The molecule has 0 fully saturated rings. The summed E-state index contributed by atoms with van der Waals surface area (Å²) >= 11 is -1.14. The minimum Gasteiger partial charge on any atom is -1.00 e. The van der Waals surface area contributed by atoms with Crippen molar-refractivity contribution in [2.75, 3.05) is 0 Å². The smallest absolute Gasteiger partial charge is 1.00 e. The van der Waals surface area contributed by atoms with Crippen molar-refractivity contribution in [2.24, 2.45) is 0 Å². The molecule has 4 aromatic carbocycles. The zero-order chi connectivity index (χ0) is 20.0. The number of halogens is 2. The van der Waals surface area contributed by atoms with Gasteiger partial charge in [0.25, 0.3) is 0 Å². The SMILES string of the molecule is C[Si]1(C)c2cccc3c2[CH]([Hf+2][CH]2c4ccccc4-c4cccc1c42)c1ccccc1-3.[Cl-].[Cl-]. The van der Waals surface area contributed by atoms with Gasteiger partial charge in [0, 0.05) is 0 Å². The van der Waals surface area contributed by atoms with Gasteiger partial charge in [0.05, 0.1) is 0 Å². The second-order valence-corrected chi connectivity index (χ2v) is 19.0. The molecule has 0 N–H and O–H groups in total. The summed E-state index contributed by atoms with van der Waals surface area (Å²) in [5.74, 6) is 0. The first kappa shape index (κ1) is 22.3. The van der Waals surface area contributed by atoms with E-state index in [1.165, 1.54) is 22.3 Å². The third-order valence-corrected chi connectivity index (χ3v) is 17.9. The third kappa shape index (κ3) is 2.76. The average Bonchev–Trinajstić information content (AvgIpc) is 3.27. The van der Waals surface area contributed by atoms with Crippen LogP contribution >= 0.6 is 0 Å². The van der Waals surface area contributed by atoms with Crippen LogP contribution in [0.15, 0.2) is 84.9 Å². The molecule has 0 saturated heterocycles. The van der Waals surface area contributed by atoms with Crippen molar-refractivity contribution in [1.29, 1.82) is 0 Å². The number of hydrogen-bond acceptors (Lipinski definition) is 0. The van der Waals surface area contributed by atoms with E-state index in [-0.39, 0.29) is 24.8 Å². The molecule has 0 radical (unpaired) electrons. The number of rotatable bonds is 0. The summed E-state index contributed by atoms with van der Waals surface area (Å²) in [5, 5.41) is 3.38. The predicted molar refractivity (Wildman–Crippen MR) is 124 cm³/mol. The zero-order valence-corrected chi connectivity index (χ0v) is 24.1. The summed E-state index contributed by atoms with van der Waals surface area (Å²) in [6, 6.07) is 33.0. The van der Waals surface area contributed by atoms with E-state index in [9.17, 15) is 0 Å². The molecule has 0 bridgehead atoms. The van der Waals surface area contributed by atoms with Crippen LogP contribution in [-0.4, -0.2) is 8.07 Å². The topological polar surface area (TPSA) is 0 Å². The van der Waals surface area contributed by atoms with Gasteiger partial charge in [-0.3, -0.25) is 0 Å².